The molecule has 8 heteroatoms. The molecule has 0 unspecified atom stereocenters. The van der Waals surface area contributed by atoms with Crippen molar-refractivity contribution in [3.05, 3.63) is 60.3 Å². The SMILES string of the molecule is Nc1nccnc1C(=O)Nc1cnn(Cc2cccc(OCC3CC3)c2)c1. The van der Waals surface area contributed by atoms with Gasteiger partial charge < -0.3 is 15.8 Å². The van der Waals surface area contributed by atoms with E-state index >= 15 is 0 Å². The Morgan fingerprint density at radius 3 is 2.96 bits per heavy atom. The minimum Gasteiger partial charge on any atom is -0.493 e. The largest absolute Gasteiger partial charge is 0.493 e. The molecule has 1 saturated carbocycles. The Hall–Kier alpha value is -3.42. The second-order valence-electron chi connectivity index (χ2n) is 6.57. The summed E-state index contributed by atoms with van der Waals surface area (Å²) in [4.78, 5) is 20.0. The lowest BCUT2D eigenvalue weighted by Crippen LogP contribution is -2.16. The van der Waals surface area contributed by atoms with Crippen molar-refractivity contribution in [3.8, 4) is 5.75 Å². The van der Waals surface area contributed by atoms with Crippen LogP contribution in [0, 0.1) is 5.92 Å². The molecular formula is C19H20N6O2. The van der Waals surface area contributed by atoms with E-state index in [1.807, 2.05) is 24.3 Å². The zero-order valence-electron chi connectivity index (χ0n) is 14.7. The number of hydrogen-bond donors (Lipinski definition) is 2. The minimum atomic E-state index is -0.421. The van der Waals surface area contributed by atoms with Gasteiger partial charge in [0, 0.05) is 18.6 Å². The van der Waals surface area contributed by atoms with Gasteiger partial charge in [-0.2, -0.15) is 5.10 Å². The Balaban J connectivity index is 1.38. The Morgan fingerprint density at radius 2 is 2.15 bits per heavy atom. The lowest BCUT2D eigenvalue weighted by Gasteiger charge is -2.07. The summed E-state index contributed by atoms with van der Waals surface area (Å²) in [6.45, 7) is 1.36. The number of carbonyl (C=O) groups is 1. The van der Waals surface area contributed by atoms with Gasteiger partial charge in [-0.05, 0) is 36.5 Å². The first-order chi connectivity index (χ1) is 13.2. The number of aromatic nitrogens is 4. The zero-order chi connectivity index (χ0) is 18.6. The first-order valence-corrected chi connectivity index (χ1v) is 8.79. The standard InChI is InChI=1S/C19H20N6O2/c20-18-17(21-6-7-22-18)19(26)24-15-9-23-25(11-15)10-14-2-1-3-16(8-14)27-12-13-4-5-13/h1-3,6-9,11,13H,4-5,10,12H2,(H2,20,22)(H,24,26). The van der Waals surface area contributed by atoms with Crippen molar-refractivity contribution in [1.29, 1.82) is 0 Å². The maximum Gasteiger partial charge on any atom is 0.278 e. The fourth-order valence-corrected chi connectivity index (χ4v) is 2.65. The lowest BCUT2D eigenvalue weighted by molar-refractivity contribution is 0.102. The summed E-state index contributed by atoms with van der Waals surface area (Å²) in [5, 5.41) is 7.02. The third-order valence-corrected chi connectivity index (χ3v) is 4.26. The topological polar surface area (TPSA) is 108 Å². The zero-order valence-corrected chi connectivity index (χ0v) is 14.7. The summed E-state index contributed by atoms with van der Waals surface area (Å²) in [5.74, 6) is 1.26. The molecular weight excluding hydrogens is 344 g/mol. The van der Waals surface area contributed by atoms with Crippen LogP contribution in [-0.2, 0) is 6.54 Å². The van der Waals surface area contributed by atoms with E-state index in [9.17, 15) is 4.79 Å². The summed E-state index contributed by atoms with van der Waals surface area (Å²) < 4.78 is 7.56. The van der Waals surface area contributed by atoms with Gasteiger partial charge in [0.05, 0.1) is 25.0 Å². The molecule has 1 amide bonds. The molecule has 0 radical (unpaired) electrons. The Labute approximate surface area is 156 Å². The van der Waals surface area contributed by atoms with Crippen molar-refractivity contribution in [2.45, 2.75) is 19.4 Å². The van der Waals surface area contributed by atoms with E-state index in [0.29, 0.717) is 18.2 Å². The highest BCUT2D eigenvalue weighted by Crippen LogP contribution is 2.29. The second kappa shape index (κ2) is 7.45. The van der Waals surface area contributed by atoms with E-state index < -0.39 is 5.91 Å². The fraction of sp³-hybridized carbons (Fsp3) is 0.263. The minimum absolute atomic E-state index is 0.0883. The van der Waals surface area contributed by atoms with Gasteiger partial charge in [0.2, 0.25) is 0 Å². The molecule has 1 aliphatic rings. The molecule has 0 atom stereocenters. The van der Waals surface area contributed by atoms with Crippen LogP contribution in [0.2, 0.25) is 0 Å². The predicted molar refractivity (Wildman–Crippen MR) is 100 cm³/mol. The number of nitrogens with one attached hydrogen (secondary N) is 1. The van der Waals surface area contributed by atoms with Gasteiger partial charge in [0.1, 0.15) is 5.75 Å². The monoisotopic (exact) mass is 364 g/mol. The number of nitrogens with zero attached hydrogens (tertiary/aromatic N) is 4. The van der Waals surface area contributed by atoms with Crippen LogP contribution in [-0.4, -0.2) is 32.3 Å². The average molecular weight is 364 g/mol. The maximum absolute atomic E-state index is 12.2. The van der Waals surface area contributed by atoms with E-state index in [0.717, 1.165) is 17.9 Å². The summed E-state index contributed by atoms with van der Waals surface area (Å²) >= 11 is 0. The van der Waals surface area contributed by atoms with Gasteiger partial charge in [0.15, 0.2) is 11.5 Å². The number of anilines is 2. The van der Waals surface area contributed by atoms with Crippen molar-refractivity contribution < 1.29 is 9.53 Å². The molecule has 0 bridgehead atoms. The molecule has 3 aromatic rings. The van der Waals surface area contributed by atoms with Crippen molar-refractivity contribution in [2.75, 3.05) is 17.7 Å². The number of nitrogens with two attached hydrogens (primary N) is 1. The van der Waals surface area contributed by atoms with Crippen molar-refractivity contribution in [1.82, 2.24) is 19.7 Å². The van der Waals surface area contributed by atoms with E-state index in [-0.39, 0.29) is 11.5 Å². The maximum atomic E-state index is 12.2. The third kappa shape index (κ3) is 4.41. The Bertz CT molecular complexity index is 951. The highest BCUT2D eigenvalue weighted by Gasteiger charge is 2.21. The van der Waals surface area contributed by atoms with E-state index in [1.165, 1.54) is 25.2 Å². The summed E-state index contributed by atoms with van der Waals surface area (Å²) in [6, 6.07) is 7.97. The van der Waals surface area contributed by atoms with Crippen molar-refractivity contribution in [2.24, 2.45) is 5.92 Å². The smallest absolute Gasteiger partial charge is 0.278 e. The van der Waals surface area contributed by atoms with Crippen LogP contribution in [0.5, 0.6) is 5.75 Å². The molecule has 0 spiro atoms. The first kappa shape index (κ1) is 17.0. The van der Waals surface area contributed by atoms with Gasteiger partial charge in [-0.15, -0.1) is 0 Å². The molecule has 0 aliphatic heterocycles. The molecule has 1 aliphatic carbocycles. The quantitative estimate of drug-likeness (QED) is 0.666. The highest BCUT2D eigenvalue weighted by molar-refractivity contribution is 6.05. The van der Waals surface area contributed by atoms with E-state index in [1.54, 1.807) is 17.1 Å². The van der Waals surface area contributed by atoms with Crippen LogP contribution in [0.25, 0.3) is 0 Å². The summed E-state index contributed by atoms with van der Waals surface area (Å²) in [7, 11) is 0. The number of carbonyl (C=O) groups excluding carboxylic acids is 1. The fourth-order valence-electron chi connectivity index (χ4n) is 2.65. The Kier molecular flexibility index (Phi) is 4.69. The molecule has 2 aromatic heterocycles. The molecule has 1 aromatic carbocycles. The van der Waals surface area contributed by atoms with Crippen LogP contribution in [0.3, 0.4) is 0 Å². The van der Waals surface area contributed by atoms with Crippen LogP contribution in [0.1, 0.15) is 28.9 Å². The van der Waals surface area contributed by atoms with Crippen LogP contribution < -0.4 is 15.8 Å². The van der Waals surface area contributed by atoms with Gasteiger partial charge in [0.25, 0.3) is 5.91 Å². The normalized spacial score (nSPS) is 13.3. The predicted octanol–water partition coefficient (Wildman–Crippen LogP) is 2.34. The molecule has 4 rings (SSSR count). The number of ether oxygens (including phenoxy) is 1. The molecule has 0 saturated heterocycles. The molecule has 138 valence electrons. The molecule has 1 fully saturated rings. The molecule has 27 heavy (non-hydrogen) atoms. The van der Waals surface area contributed by atoms with Crippen LogP contribution >= 0.6 is 0 Å². The molecule has 3 N–H and O–H groups in total. The molecule has 8 nitrogen and oxygen atoms in total. The molecule has 2 heterocycles. The summed E-state index contributed by atoms with van der Waals surface area (Å²) in [6.07, 6.45) is 8.73. The van der Waals surface area contributed by atoms with Gasteiger partial charge in [-0.3, -0.25) is 9.48 Å². The first-order valence-electron chi connectivity index (χ1n) is 8.79. The van der Waals surface area contributed by atoms with Crippen LogP contribution in [0.15, 0.2) is 49.1 Å². The number of rotatable bonds is 7. The lowest BCUT2D eigenvalue weighted by atomic mass is 10.2. The van der Waals surface area contributed by atoms with Crippen molar-refractivity contribution >= 4 is 17.4 Å². The number of nitrogen functional groups attached to an aromatic ring is 1. The van der Waals surface area contributed by atoms with E-state index in [4.69, 9.17) is 10.5 Å². The second-order valence-corrected chi connectivity index (χ2v) is 6.57. The third-order valence-electron chi connectivity index (χ3n) is 4.26. The van der Waals surface area contributed by atoms with Crippen LogP contribution in [0.4, 0.5) is 11.5 Å². The van der Waals surface area contributed by atoms with Crippen molar-refractivity contribution in [3.63, 3.8) is 0 Å². The summed E-state index contributed by atoms with van der Waals surface area (Å²) in [5.41, 5.74) is 7.40. The highest BCUT2D eigenvalue weighted by atomic mass is 16.5. The Morgan fingerprint density at radius 1 is 1.30 bits per heavy atom. The number of benzene rings is 1. The van der Waals surface area contributed by atoms with E-state index in [2.05, 4.69) is 20.4 Å². The number of hydrogen-bond acceptors (Lipinski definition) is 6. The van der Waals surface area contributed by atoms with Gasteiger partial charge >= 0.3 is 0 Å². The van der Waals surface area contributed by atoms with Gasteiger partial charge in [-0.25, -0.2) is 9.97 Å². The van der Waals surface area contributed by atoms with Gasteiger partial charge in [-0.1, -0.05) is 12.1 Å². The number of amides is 1. The average Bonchev–Trinajstić information content (AvgIpc) is 3.40.